The minimum atomic E-state index is -0.440. The Bertz CT molecular complexity index is 228. The largest absolute Gasteiger partial charge is 0.465 e. The van der Waals surface area contributed by atoms with Crippen molar-refractivity contribution in [3.63, 3.8) is 0 Å². The number of hydrogen-bond donors (Lipinski definition) is 0. The number of allylic oxidation sites excluding steroid dienone is 3. The van der Waals surface area contributed by atoms with E-state index in [9.17, 15) is 4.79 Å². The average molecular weight is 166 g/mol. The van der Waals surface area contributed by atoms with E-state index in [0.717, 1.165) is 6.42 Å². The van der Waals surface area contributed by atoms with Gasteiger partial charge >= 0.3 is 5.97 Å². The molecule has 0 radical (unpaired) electrons. The van der Waals surface area contributed by atoms with Crippen LogP contribution < -0.4 is 0 Å². The molecule has 0 fully saturated rings. The van der Waals surface area contributed by atoms with Crippen molar-refractivity contribution in [2.45, 2.75) is 20.3 Å². The van der Waals surface area contributed by atoms with Gasteiger partial charge in [-0.2, -0.15) is 0 Å². The van der Waals surface area contributed by atoms with Crippen molar-refractivity contribution in [2.24, 2.45) is 5.41 Å². The Morgan fingerprint density at radius 1 is 1.58 bits per heavy atom. The van der Waals surface area contributed by atoms with E-state index in [0.29, 0.717) is 6.61 Å². The first kappa shape index (κ1) is 9.04. The zero-order valence-corrected chi connectivity index (χ0v) is 7.54. The van der Waals surface area contributed by atoms with Crippen molar-refractivity contribution in [1.82, 2.24) is 0 Å². The molecular weight excluding hydrogens is 152 g/mol. The molecule has 0 aromatic rings. The summed E-state index contributed by atoms with van der Waals surface area (Å²) in [7, 11) is 0. The second-order valence-electron chi connectivity index (χ2n) is 3.13. The zero-order valence-electron chi connectivity index (χ0n) is 7.54. The lowest BCUT2D eigenvalue weighted by molar-refractivity contribution is -0.151. The molecule has 2 nitrogen and oxygen atoms in total. The van der Waals surface area contributed by atoms with Crippen molar-refractivity contribution in [2.75, 3.05) is 6.61 Å². The SMILES string of the molecule is CCOC(=O)C1(C)C=CC=CC1. The van der Waals surface area contributed by atoms with E-state index in [-0.39, 0.29) is 5.97 Å². The number of ether oxygens (including phenoxy) is 1. The highest BCUT2D eigenvalue weighted by Crippen LogP contribution is 2.28. The second-order valence-corrected chi connectivity index (χ2v) is 3.13. The van der Waals surface area contributed by atoms with Crippen molar-refractivity contribution in [3.8, 4) is 0 Å². The smallest absolute Gasteiger partial charge is 0.315 e. The molecule has 0 amide bonds. The fraction of sp³-hybridized carbons (Fsp3) is 0.500. The minimum Gasteiger partial charge on any atom is -0.465 e. The number of esters is 1. The summed E-state index contributed by atoms with van der Waals surface area (Å²) in [4.78, 5) is 11.4. The molecule has 0 saturated carbocycles. The van der Waals surface area contributed by atoms with Gasteiger partial charge in [0.2, 0.25) is 0 Å². The van der Waals surface area contributed by atoms with Crippen LogP contribution in [0, 0.1) is 5.41 Å². The Hall–Kier alpha value is -1.05. The van der Waals surface area contributed by atoms with Crippen LogP contribution in [0.3, 0.4) is 0 Å². The Balaban J connectivity index is 2.65. The molecule has 0 aromatic heterocycles. The normalized spacial score (nSPS) is 27.2. The molecule has 1 unspecified atom stereocenters. The van der Waals surface area contributed by atoms with Crippen LogP contribution in [0.1, 0.15) is 20.3 Å². The Kier molecular flexibility index (Phi) is 2.69. The summed E-state index contributed by atoms with van der Waals surface area (Å²) in [5.41, 5.74) is -0.440. The number of rotatable bonds is 2. The van der Waals surface area contributed by atoms with Gasteiger partial charge in [0, 0.05) is 0 Å². The van der Waals surface area contributed by atoms with E-state index in [1.807, 2.05) is 38.2 Å². The third-order valence-corrected chi connectivity index (χ3v) is 1.99. The quantitative estimate of drug-likeness (QED) is 0.587. The van der Waals surface area contributed by atoms with Gasteiger partial charge in [0.25, 0.3) is 0 Å². The number of carbonyl (C=O) groups is 1. The van der Waals surface area contributed by atoms with Crippen LogP contribution in [0.4, 0.5) is 0 Å². The molecule has 0 aromatic carbocycles. The van der Waals surface area contributed by atoms with Gasteiger partial charge in [0.1, 0.15) is 0 Å². The molecule has 0 spiro atoms. The summed E-state index contributed by atoms with van der Waals surface area (Å²) in [5, 5.41) is 0. The molecule has 0 N–H and O–H groups in total. The first-order valence-electron chi connectivity index (χ1n) is 4.20. The highest BCUT2D eigenvalue weighted by molar-refractivity contribution is 5.79. The maximum atomic E-state index is 11.4. The topological polar surface area (TPSA) is 26.3 Å². The van der Waals surface area contributed by atoms with Crippen molar-refractivity contribution < 1.29 is 9.53 Å². The third kappa shape index (κ3) is 1.76. The first-order valence-corrected chi connectivity index (χ1v) is 4.20. The van der Waals surface area contributed by atoms with Gasteiger partial charge in [0.05, 0.1) is 12.0 Å². The first-order chi connectivity index (χ1) is 5.69. The summed E-state index contributed by atoms with van der Waals surface area (Å²) in [6, 6.07) is 0. The van der Waals surface area contributed by atoms with Gasteiger partial charge in [0.15, 0.2) is 0 Å². The van der Waals surface area contributed by atoms with Crippen LogP contribution in [0.5, 0.6) is 0 Å². The maximum Gasteiger partial charge on any atom is 0.315 e. The molecule has 66 valence electrons. The van der Waals surface area contributed by atoms with E-state index in [1.54, 1.807) is 0 Å². The predicted octanol–water partition coefficient (Wildman–Crippen LogP) is 2.07. The fourth-order valence-corrected chi connectivity index (χ4v) is 1.17. The van der Waals surface area contributed by atoms with Crippen LogP contribution in [-0.2, 0) is 9.53 Å². The molecule has 1 atom stereocenters. The molecule has 1 aliphatic rings. The number of hydrogen-bond acceptors (Lipinski definition) is 2. The molecule has 1 aliphatic carbocycles. The van der Waals surface area contributed by atoms with Crippen molar-refractivity contribution in [3.05, 3.63) is 24.3 Å². The highest BCUT2D eigenvalue weighted by Gasteiger charge is 2.31. The molecule has 0 bridgehead atoms. The van der Waals surface area contributed by atoms with Crippen LogP contribution in [-0.4, -0.2) is 12.6 Å². The molecule has 0 saturated heterocycles. The van der Waals surface area contributed by atoms with E-state index in [4.69, 9.17) is 4.74 Å². The minimum absolute atomic E-state index is 0.134. The monoisotopic (exact) mass is 166 g/mol. The third-order valence-electron chi connectivity index (χ3n) is 1.99. The Morgan fingerprint density at radius 3 is 2.83 bits per heavy atom. The predicted molar refractivity (Wildman–Crippen MR) is 47.6 cm³/mol. The summed E-state index contributed by atoms with van der Waals surface area (Å²) in [6.07, 6.45) is 8.45. The standard InChI is InChI=1S/C10H14O2/c1-3-12-9(11)10(2)7-5-4-6-8-10/h4-7H,3,8H2,1-2H3. The molecule has 0 heterocycles. The lowest BCUT2D eigenvalue weighted by Crippen LogP contribution is -2.28. The Labute approximate surface area is 72.9 Å². The van der Waals surface area contributed by atoms with Crippen LogP contribution in [0.15, 0.2) is 24.3 Å². The highest BCUT2D eigenvalue weighted by atomic mass is 16.5. The molecule has 12 heavy (non-hydrogen) atoms. The number of carbonyl (C=O) groups excluding carboxylic acids is 1. The van der Waals surface area contributed by atoms with Crippen LogP contribution >= 0.6 is 0 Å². The summed E-state index contributed by atoms with van der Waals surface area (Å²) in [5.74, 6) is -0.134. The molecular formula is C10H14O2. The summed E-state index contributed by atoms with van der Waals surface area (Å²) in [6.45, 7) is 4.17. The van der Waals surface area contributed by atoms with Crippen LogP contribution in [0.2, 0.25) is 0 Å². The Morgan fingerprint density at radius 2 is 2.33 bits per heavy atom. The van der Waals surface area contributed by atoms with Gasteiger partial charge in [-0.1, -0.05) is 24.3 Å². The maximum absolute atomic E-state index is 11.4. The van der Waals surface area contributed by atoms with Gasteiger partial charge in [-0.15, -0.1) is 0 Å². The zero-order chi connectivity index (χ0) is 9.03. The van der Waals surface area contributed by atoms with Crippen molar-refractivity contribution in [1.29, 1.82) is 0 Å². The average Bonchev–Trinajstić information content (AvgIpc) is 2.06. The summed E-state index contributed by atoms with van der Waals surface area (Å²) < 4.78 is 4.96. The van der Waals surface area contributed by atoms with Crippen LogP contribution in [0.25, 0.3) is 0 Å². The van der Waals surface area contributed by atoms with Crippen molar-refractivity contribution >= 4 is 5.97 Å². The van der Waals surface area contributed by atoms with Gasteiger partial charge < -0.3 is 4.74 Å². The van der Waals surface area contributed by atoms with Gasteiger partial charge in [-0.25, -0.2) is 0 Å². The lowest BCUT2D eigenvalue weighted by Gasteiger charge is -2.23. The molecule has 0 aliphatic heterocycles. The lowest BCUT2D eigenvalue weighted by atomic mass is 9.84. The van der Waals surface area contributed by atoms with E-state index < -0.39 is 5.41 Å². The summed E-state index contributed by atoms with van der Waals surface area (Å²) >= 11 is 0. The second kappa shape index (κ2) is 3.57. The van der Waals surface area contributed by atoms with Gasteiger partial charge in [-0.3, -0.25) is 4.79 Å². The fourth-order valence-electron chi connectivity index (χ4n) is 1.17. The molecule has 2 heteroatoms. The van der Waals surface area contributed by atoms with E-state index >= 15 is 0 Å². The van der Waals surface area contributed by atoms with E-state index in [1.165, 1.54) is 0 Å². The van der Waals surface area contributed by atoms with Gasteiger partial charge in [-0.05, 0) is 20.3 Å². The van der Waals surface area contributed by atoms with E-state index in [2.05, 4.69) is 0 Å². The molecule has 1 rings (SSSR count).